The molecule has 8 aromatic rings. The Balaban J connectivity index is 1.20. The van der Waals surface area contributed by atoms with E-state index in [2.05, 4.69) is 97.9 Å². The van der Waals surface area contributed by atoms with Crippen LogP contribution in [-0.4, -0.2) is 24.9 Å². The Morgan fingerprint density at radius 3 is 1.18 bits per heavy atom. The average molecular weight is 630 g/mol. The highest BCUT2D eigenvalue weighted by atomic mass is 15.0. The first kappa shape index (κ1) is 29.8. The highest BCUT2D eigenvalue weighted by molar-refractivity contribution is 5.78. The Labute approximate surface area is 285 Å². The predicted octanol–water partition coefficient (Wildman–Crippen LogP) is 10.6. The smallest absolute Gasteiger partial charge is 0.164 e. The van der Waals surface area contributed by atoms with Crippen LogP contribution in [0.5, 0.6) is 0 Å². The van der Waals surface area contributed by atoms with Crippen molar-refractivity contribution in [1.29, 1.82) is 0 Å². The molecule has 0 fully saturated rings. The van der Waals surface area contributed by atoms with Crippen LogP contribution in [0.2, 0.25) is 0 Å². The lowest BCUT2D eigenvalue weighted by Gasteiger charge is -2.11. The first-order chi connectivity index (χ1) is 24.2. The Morgan fingerprint density at radius 2 is 0.633 bits per heavy atom. The Bertz CT molecular complexity index is 2320. The molecular formula is C44H31N5. The zero-order valence-electron chi connectivity index (χ0n) is 26.9. The number of nitrogens with zero attached hydrogens (tertiary/aromatic N) is 5. The maximum absolute atomic E-state index is 5.04. The van der Waals surface area contributed by atoms with Crippen molar-refractivity contribution >= 4 is 0 Å². The third kappa shape index (κ3) is 6.51. The molecule has 6 aromatic carbocycles. The molecule has 0 radical (unpaired) electrons. The second-order valence-corrected chi connectivity index (χ2v) is 11.9. The lowest BCUT2D eigenvalue weighted by atomic mass is 9.99. The second-order valence-electron chi connectivity index (χ2n) is 11.9. The van der Waals surface area contributed by atoms with Crippen molar-refractivity contribution in [2.45, 2.75) is 6.92 Å². The van der Waals surface area contributed by atoms with E-state index in [9.17, 15) is 0 Å². The largest absolute Gasteiger partial charge is 0.228 e. The van der Waals surface area contributed by atoms with Crippen LogP contribution in [0.15, 0.2) is 170 Å². The Morgan fingerprint density at radius 1 is 0.265 bits per heavy atom. The van der Waals surface area contributed by atoms with Crippen molar-refractivity contribution in [3.63, 3.8) is 0 Å². The van der Waals surface area contributed by atoms with Crippen molar-refractivity contribution in [2.24, 2.45) is 0 Å². The minimum atomic E-state index is 0.623. The molecule has 0 bridgehead atoms. The van der Waals surface area contributed by atoms with Gasteiger partial charge in [0.1, 0.15) is 0 Å². The normalized spacial score (nSPS) is 11.0. The average Bonchev–Trinajstić information content (AvgIpc) is 3.19. The van der Waals surface area contributed by atoms with E-state index >= 15 is 0 Å². The summed E-state index contributed by atoms with van der Waals surface area (Å²) in [5, 5.41) is 0. The molecule has 5 heteroatoms. The minimum Gasteiger partial charge on any atom is -0.228 e. The first-order valence-electron chi connectivity index (χ1n) is 16.3. The molecule has 0 aliphatic rings. The third-order valence-electron chi connectivity index (χ3n) is 8.42. The van der Waals surface area contributed by atoms with Gasteiger partial charge in [0.25, 0.3) is 0 Å². The van der Waals surface area contributed by atoms with Gasteiger partial charge in [0, 0.05) is 33.4 Å². The van der Waals surface area contributed by atoms with Crippen LogP contribution in [0.3, 0.4) is 0 Å². The molecular weight excluding hydrogens is 599 g/mol. The Hall–Kier alpha value is -6.59. The van der Waals surface area contributed by atoms with Gasteiger partial charge in [-0.1, -0.05) is 157 Å². The molecule has 0 atom stereocenters. The maximum atomic E-state index is 5.04. The summed E-state index contributed by atoms with van der Waals surface area (Å²) in [6.07, 6.45) is 0. The summed E-state index contributed by atoms with van der Waals surface area (Å²) in [6, 6.07) is 57.6. The summed E-state index contributed by atoms with van der Waals surface area (Å²) in [5.41, 5.74) is 10.9. The molecule has 232 valence electrons. The van der Waals surface area contributed by atoms with Crippen molar-refractivity contribution in [3.8, 4) is 79.2 Å². The van der Waals surface area contributed by atoms with Gasteiger partial charge >= 0.3 is 0 Å². The van der Waals surface area contributed by atoms with E-state index < -0.39 is 0 Å². The fourth-order valence-electron chi connectivity index (χ4n) is 5.82. The van der Waals surface area contributed by atoms with Crippen LogP contribution in [0.25, 0.3) is 79.2 Å². The summed E-state index contributed by atoms with van der Waals surface area (Å²) >= 11 is 0. The fraction of sp³-hybridized carbons (Fsp3) is 0.0227. The van der Waals surface area contributed by atoms with Gasteiger partial charge in [0.15, 0.2) is 23.3 Å². The molecule has 8 rings (SSSR count). The van der Waals surface area contributed by atoms with Crippen molar-refractivity contribution in [3.05, 3.63) is 175 Å². The monoisotopic (exact) mass is 629 g/mol. The zero-order chi connectivity index (χ0) is 33.0. The van der Waals surface area contributed by atoms with Crippen LogP contribution >= 0.6 is 0 Å². The van der Waals surface area contributed by atoms with Gasteiger partial charge in [-0.25, -0.2) is 24.9 Å². The maximum Gasteiger partial charge on any atom is 0.164 e. The number of benzene rings is 6. The lowest BCUT2D eigenvalue weighted by molar-refractivity contribution is 1.07. The molecule has 0 saturated carbocycles. The standard InChI is InChI=1S/C44H31N5/c1-30-23-25-34(26-24-30)43-47-42(33-17-9-4-10-18-33)48-44(49-43)38-22-12-20-36(28-38)35-19-11-21-37(27-35)40-29-39(31-13-5-2-6-14-31)45-41(46-40)32-15-7-3-8-16-32/h2-29H,1H3. The van der Waals surface area contributed by atoms with E-state index in [1.807, 2.05) is 78.9 Å². The minimum absolute atomic E-state index is 0.623. The molecule has 0 amide bonds. The number of aryl methyl sites for hydroxylation is 1. The quantitative estimate of drug-likeness (QED) is 0.175. The van der Waals surface area contributed by atoms with Crippen LogP contribution in [0.4, 0.5) is 0 Å². The topological polar surface area (TPSA) is 64.5 Å². The molecule has 0 spiro atoms. The van der Waals surface area contributed by atoms with Crippen LogP contribution in [0, 0.1) is 6.92 Å². The fourth-order valence-corrected chi connectivity index (χ4v) is 5.82. The van der Waals surface area contributed by atoms with Gasteiger partial charge in [-0.15, -0.1) is 0 Å². The van der Waals surface area contributed by atoms with Crippen LogP contribution in [0.1, 0.15) is 5.56 Å². The van der Waals surface area contributed by atoms with Crippen molar-refractivity contribution < 1.29 is 0 Å². The first-order valence-corrected chi connectivity index (χ1v) is 16.3. The molecule has 2 aromatic heterocycles. The number of hydrogen-bond donors (Lipinski definition) is 0. The zero-order valence-corrected chi connectivity index (χ0v) is 26.9. The summed E-state index contributed by atoms with van der Waals surface area (Å²) in [6.45, 7) is 2.08. The molecule has 0 aliphatic carbocycles. The van der Waals surface area contributed by atoms with Gasteiger partial charge in [0.05, 0.1) is 11.4 Å². The van der Waals surface area contributed by atoms with E-state index in [0.717, 1.165) is 55.9 Å². The SMILES string of the molecule is Cc1ccc(-c2nc(-c3ccccc3)nc(-c3cccc(-c4cccc(-c5cc(-c6ccccc6)nc(-c6ccccc6)n5)c4)c3)n2)cc1. The lowest BCUT2D eigenvalue weighted by Crippen LogP contribution is -2.00. The van der Waals surface area contributed by atoms with E-state index in [-0.39, 0.29) is 0 Å². The van der Waals surface area contributed by atoms with E-state index in [1.165, 1.54) is 5.56 Å². The van der Waals surface area contributed by atoms with Crippen LogP contribution < -0.4 is 0 Å². The third-order valence-corrected chi connectivity index (χ3v) is 8.42. The van der Waals surface area contributed by atoms with Crippen LogP contribution in [-0.2, 0) is 0 Å². The number of hydrogen-bond acceptors (Lipinski definition) is 5. The molecule has 5 nitrogen and oxygen atoms in total. The molecule has 0 aliphatic heterocycles. The summed E-state index contributed by atoms with van der Waals surface area (Å²) < 4.78 is 0. The molecule has 0 saturated heterocycles. The van der Waals surface area contributed by atoms with Gasteiger partial charge in [-0.2, -0.15) is 0 Å². The van der Waals surface area contributed by atoms with Gasteiger partial charge in [0.2, 0.25) is 0 Å². The van der Waals surface area contributed by atoms with Crippen molar-refractivity contribution in [2.75, 3.05) is 0 Å². The van der Waals surface area contributed by atoms with E-state index in [1.54, 1.807) is 0 Å². The van der Waals surface area contributed by atoms with Gasteiger partial charge in [-0.3, -0.25) is 0 Å². The summed E-state index contributed by atoms with van der Waals surface area (Å²) in [4.78, 5) is 24.8. The molecule has 0 N–H and O–H groups in total. The predicted molar refractivity (Wildman–Crippen MR) is 198 cm³/mol. The Kier molecular flexibility index (Phi) is 8.06. The van der Waals surface area contributed by atoms with E-state index in [4.69, 9.17) is 24.9 Å². The summed E-state index contributed by atoms with van der Waals surface area (Å²) in [5.74, 6) is 2.60. The second kappa shape index (κ2) is 13.3. The molecule has 0 unspecified atom stereocenters. The highest BCUT2D eigenvalue weighted by Gasteiger charge is 2.14. The van der Waals surface area contributed by atoms with Crippen molar-refractivity contribution in [1.82, 2.24) is 24.9 Å². The molecule has 2 heterocycles. The number of aromatic nitrogens is 5. The molecule has 49 heavy (non-hydrogen) atoms. The summed E-state index contributed by atoms with van der Waals surface area (Å²) in [7, 11) is 0. The van der Waals surface area contributed by atoms with Gasteiger partial charge < -0.3 is 0 Å². The number of rotatable bonds is 7. The van der Waals surface area contributed by atoms with E-state index in [0.29, 0.717) is 23.3 Å². The highest BCUT2D eigenvalue weighted by Crippen LogP contribution is 2.32. The van der Waals surface area contributed by atoms with Gasteiger partial charge in [-0.05, 0) is 36.2 Å².